The lowest BCUT2D eigenvalue weighted by Crippen LogP contribution is -2.35. The molecule has 3 aliphatic rings. The van der Waals surface area contributed by atoms with E-state index in [2.05, 4.69) is 15.1 Å². The zero-order chi connectivity index (χ0) is 21.5. The molecule has 31 heavy (non-hydrogen) atoms. The number of rotatable bonds is 0. The van der Waals surface area contributed by atoms with Gasteiger partial charge in [-0.3, -0.25) is 0 Å². The summed E-state index contributed by atoms with van der Waals surface area (Å²) in [6.45, 7) is 0.486. The van der Waals surface area contributed by atoms with Crippen LogP contribution < -0.4 is 0 Å². The lowest BCUT2D eigenvalue weighted by molar-refractivity contribution is -0.764. The summed E-state index contributed by atoms with van der Waals surface area (Å²) >= 11 is 0. The van der Waals surface area contributed by atoms with Gasteiger partial charge in [0.25, 0.3) is 0 Å². The molecule has 1 saturated heterocycles. The summed E-state index contributed by atoms with van der Waals surface area (Å²) < 4.78 is 0. The SMILES string of the molecule is C1CCCCCC2(CCCCC1)CCCCCC1(CCCCCOOOOOO1)CC2. The van der Waals surface area contributed by atoms with E-state index in [0.29, 0.717) is 12.0 Å². The third kappa shape index (κ3) is 9.65. The molecule has 2 spiro atoms. The molecule has 6 nitrogen and oxygen atoms in total. The summed E-state index contributed by atoms with van der Waals surface area (Å²) in [6, 6.07) is 0. The number of hydrogen-bond donors (Lipinski definition) is 0. The van der Waals surface area contributed by atoms with Gasteiger partial charge >= 0.3 is 0 Å². The van der Waals surface area contributed by atoms with E-state index in [4.69, 9.17) is 14.8 Å². The molecule has 0 aromatic carbocycles. The largest absolute Gasteiger partial charge is 0.204 e. The van der Waals surface area contributed by atoms with Crippen molar-refractivity contribution in [2.75, 3.05) is 6.61 Å². The van der Waals surface area contributed by atoms with Gasteiger partial charge in [0.05, 0.1) is 6.61 Å². The van der Waals surface area contributed by atoms with Crippen LogP contribution in [0.4, 0.5) is 0 Å². The highest BCUT2D eigenvalue weighted by Gasteiger charge is 2.38. The van der Waals surface area contributed by atoms with Gasteiger partial charge in [-0.15, -0.1) is 0 Å². The maximum Gasteiger partial charge on any atom is 0.107 e. The molecule has 1 atom stereocenters. The van der Waals surface area contributed by atoms with E-state index in [0.717, 1.165) is 38.5 Å². The maximum atomic E-state index is 5.92. The zero-order valence-corrected chi connectivity index (χ0v) is 19.7. The van der Waals surface area contributed by atoms with Crippen LogP contribution in [0.25, 0.3) is 0 Å². The van der Waals surface area contributed by atoms with Gasteiger partial charge in [0.1, 0.15) is 5.60 Å². The molecule has 3 rings (SSSR count). The Labute approximate surface area is 189 Å². The first-order valence-electron chi connectivity index (χ1n) is 13.3. The second kappa shape index (κ2) is 14.8. The van der Waals surface area contributed by atoms with Crippen LogP contribution in [0.1, 0.15) is 141 Å². The Morgan fingerprint density at radius 3 is 1.48 bits per heavy atom. The van der Waals surface area contributed by atoms with Crippen molar-refractivity contribution in [2.45, 2.75) is 147 Å². The van der Waals surface area contributed by atoms with Crippen LogP contribution in [0.2, 0.25) is 0 Å². The van der Waals surface area contributed by atoms with Gasteiger partial charge in [-0.1, -0.05) is 89.9 Å². The minimum absolute atomic E-state index is 0.301. The van der Waals surface area contributed by atoms with Gasteiger partial charge < -0.3 is 0 Å². The van der Waals surface area contributed by atoms with Crippen LogP contribution in [0.3, 0.4) is 0 Å². The predicted molar refractivity (Wildman–Crippen MR) is 118 cm³/mol. The highest BCUT2D eigenvalue weighted by molar-refractivity contribution is 4.88. The van der Waals surface area contributed by atoms with E-state index < -0.39 is 0 Å². The van der Waals surface area contributed by atoms with E-state index in [1.807, 2.05) is 0 Å². The summed E-state index contributed by atoms with van der Waals surface area (Å²) in [5.41, 5.74) is 0.169. The normalized spacial score (nSPS) is 31.7. The van der Waals surface area contributed by atoms with Gasteiger partial charge in [-0.05, 0) is 76.9 Å². The van der Waals surface area contributed by atoms with Crippen molar-refractivity contribution in [3.63, 3.8) is 0 Å². The van der Waals surface area contributed by atoms with Crippen LogP contribution in [0.15, 0.2) is 0 Å². The van der Waals surface area contributed by atoms with Crippen molar-refractivity contribution in [2.24, 2.45) is 5.41 Å². The van der Waals surface area contributed by atoms with E-state index >= 15 is 0 Å². The third-order valence-corrected chi connectivity index (χ3v) is 8.07. The van der Waals surface area contributed by atoms with Crippen LogP contribution in [0, 0.1) is 5.41 Å². The molecule has 0 amide bonds. The molecule has 6 heteroatoms. The summed E-state index contributed by atoms with van der Waals surface area (Å²) in [6.07, 6.45) is 28.1. The highest BCUT2D eigenvalue weighted by Crippen LogP contribution is 2.46. The fourth-order valence-corrected chi connectivity index (χ4v) is 6.05. The average molecular weight is 443 g/mol. The van der Waals surface area contributed by atoms with Gasteiger partial charge in [-0.2, -0.15) is 4.89 Å². The molecular formula is C25H46O6. The predicted octanol–water partition coefficient (Wildman–Crippen LogP) is 8.01. The molecule has 0 aromatic heterocycles. The smallest absolute Gasteiger partial charge is 0.107 e. The molecule has 0 aromatic rings. The van der Waals surface area contributed by atoms with E-state index in [9.17, 15) is 0 Å². The van der Waals surface area contributed by atoms with Gasteiger partial charge in [-0.25, -0.2) is 4.89 Å². The summed E-state index contributed by atoms with van der Waals surface area (Å²) in [5, 5.41) is 18.5. The highest BCUT2D eigenvalue weighted by atomic mass is 17.8. The Morgan fingerprint density at radius 1 is 0.355 bits per heavy atom. The maximum absolute atomic E-state index is 5.92. The van der Waals surface area contributed by atoms with Crippen molar-refractivity contribution < 1.29 is 29.9 Å². The van der Waals surface area contributed by atoms with Gasteiger partial charge in [0.15, 0.2) is 0 Å². The van der Waals surface area contributed by atoms with Gasteiger partial charge in [0.2, 0.25) is 0 Å². The van der Waals surface area contributed by atoms with Crippen LogP contribution in [-0.2, 0) is 29.9 Å². The molecule has 1 heterocycles. The Morgan fingerprint density at radius 2 is 0.839 bits per heavy atom. The monoisotopic (exact) mass is 442 g/mol. The molecule has 182 valence electrons. The lowest BCUT2D eigenvalue weighted by atomic mass is 9.69. The second-order valence-corrected chi connectivity index (χ2v) is 10.4. The van der Waals surface area contributed by atoms with Gasteiger partial charge in [0, 0.05) is 0 Å². The van der Waals surface area contributed by atoms with Crippen molar-refractivity contribution in [1.82, 2.24) is 0 Å². The first-order chi connectivity index (χ1) is 15.3. The Hall–Kier alpha value is -0.240. The van der Waals surface area contributed by atoms with E-state index in [1.54, 1.807) is 0 Å². The Kier molecular flexibility index (Phi) is 12.1. The molecule has 1 unspecified atom stereocenters. The van der Waals surface area contributed by atoms with Crippen molar-refractivity contribution in [3.8, 4) is 0 Å². The summed E-state index contributed by atoms with van der Waals surface area (Å²) in [5.74, 6) is 0. The van der Waals surface area contributed by atoms with Crippen LogP contribution in [0.5, 0.6) is 0 Å². The topological polar surface area (TPSA) is 55.4 Å². The quantitative estimate of drug-likeness (QED) is 0.354. The third-order valence-electron chi connectivity index (χ3n) is 8.07. The van der Waals surface area contributed by atoms with E-state index in [1.165, 1.54) is 103 Å². The van der Waals surface area contributed by atoms with Crippen molar-refractivity contribution in [3.05, 3.63) is 0 Å². The Balaban J connectivity index is 1.66. The Bertz CT molecular complexity index is 393. The summed E-state index contributed by atoms with van der Waals surface area (Å²) in [4.78, 5) is 10.8. The standard InChI is InChI=1S/C25H46O6/c1-2-4-6-10-16-24(17-11-7-5-3-1)18-12-8-13-19-25(22-21-24)20-14-9-15-23-26-28-30-31-29-27-25/h1-23H2. The fourth-order valence-electron chi connectivity index (χ4n) is 6.05. The molecule has 0 radical (unpaired) electrons. The van der Waals surface area contributed by atoms with Crippen molar-refractivity contribution in [1.29, 1.82) is 0 Å². The molecule has 0 bridgehead atoms. The molecule has 2 aliphatic carbocycles. The average Bonchev–Trinajstić information content (AvgIpc) is 2.84. The van der Waals surface area contributed by atoms with Crippen LogP contribution >= 0.6 is 0 Å². The molecule has 1 aliphatic heterocycles. The summed E-state index contributed by atoms with van der Waals surface area (Å²) in [7, 11) is 0. The van der Waals surface area contributed by atoms with E-state index in [-0.39, 0.29) is 5.60 Å². The zero-order valence-electron chi connectivity index (χ0n) is 19.7. The molecule has 3 fully saturated rings. The minimum Gasteiger partial charge on any atom is -0.204 e. The number of hydrogen-bond acceptors (Lipinski definition) is 6. The fraction of sp³-hybridized carbons (Fsp3) is 1.00. The molecular weight excluding hydrogens is 396 g/mol. The van der Waals surface area contributed by atoms with Crippen LogP contribution in [-0.4, -0.2) is 12.2 Å². The second-order valence-electron chi connectivity index (χ2n) is 10.4. The lowest BCUT2D eigenvalue weighted by Gasteiger charge is -2.38. The first kappa shape index (κ1) is 25.4. The molecule has 0 N–H and O–H groups in total. The molecule has 2 saturated carbocycles. The minimum atomic E-state index is -0.301. The van der Waals surface area contributed by atoms with Crippen molar-refractivity contribution >= 4 is 0 Å². The first-order valence-corrected chi connectivity index (χ1v) is 13.3.